The highest BCUT2D eigenvalue weighted by Crippen LogP contribution is 2.34. The van der Waals surface area contributed by atoms with Crippen molar-refractivity contribution in [3.8, 4) is 11.3 Å². The summed E-state index contributed by atoms with van der Waals surface area (Å²) in [6.07, 6.45) is 5.17. The zero-order valence-electron chi connectivity index (χ0n) is 20.8. The molecule has 37 heavy (non-hydrogen) atoms. The molecular weight excluding hydrogens is 468 g/mol. The molecule has 1 aliphatic heterocycles. The number of aromatic nitrogens is 5. The number of nitrogens with two attached hydrogens (primary N) is 1. The van der Waals surface area contributed by atoms with Gasteiger partial charge < -0.3 is 16.0 Å². The van der Waals surface area contributed by atoms with E-state index in [1.807, 2.05) is 28.9 Å². The zero-order chi connectivity index (χ0) is 26.1. The number of fused-ring (bicyclic) bond motifs is 1. The minimum absolute atomic E-state index is 0.0476. The number of carbonyl (C=O) groups is 2. The van der Waals surface area contributed by atoms with E-state index in [1.165, 1.54) is 12.4 Å². The number of hydrogen-bond donors (Lipinski definition) is 2. The fourth-order valence-corrected chi connectivity index (χ4v) is 4.57. The number of likely N-dealkylation sites (tertiary alicyclic amines) is 1. The second kappa shape index (κ2) is 9.81. The van der Waals surface area contributed by atoms with E-state index in [4.69, 9.17) is 10.8 Å². The summed E-state index contributed by atoms with van der Waals surface area (Å²) in [6, 6.07) is 10.9. The number of rotatable bonds is 6. The first-order valence-electron chi connectivity index (χ1n) is 12.1. The van der Waals surface area contributed by atoms with E-state index in [0.29, 0.717) is 52.9 Å². The van der Waals surface area contributed by atoms with Gasteiger partial charge in [0, 0.05) is 30.4 Å². The molecule has 0 aliphatic carbocycles. The lowest BCUT2D eigenvalue weighted by atomic mass is 10.0. The van der Waals surface area contributed by atoms with Crippen molar-refractivity contribution in [3.05, 3.63) is 72.7 Å². The van der Waals surface area contributed by atoms with Gasteiger partial charge in [0.05, 0.1) is 11.4 Å². The minimum atomic E-state index is -0.254. The molecule has 3 N–H and O–H groups in total. The van der Waals surface area contributed by atoms with Gasteiger partial charge in [-0.1, -0.05) is 32.6 Å². The van der Waals surface area contributed by atoms with Gasteiger partial charge in [-0.3, -0.25) is 9.59 Å². The molecule has 5 rings (SSSR count). The summed E-state index contributed by atoms with van der Waals surface area (Å²) < 4.78 is 1.83. The Hall–Kier alpha value is -4.60. The van der Waals surface area contributed by atoms with Crippen molar-refractivity contribution in [1.29, 1.82) is 0 Å². The lowest BCUT2D eigenvalue weighted by molar-refractivity contribution is -0.125. The van der Waals surface area contributed by atoms with Crippen LogP contribution in [0.1, 0.15) is 48.1 Å². The van der Waals surface area contributed by atoms with E-state index in [2.05, 4.69) is 40.7 Å². The van der Waals surface area contributed by atoms with Crippen LogP contribution in [-0.4, -0.2) is 54.5 Å². The molecular formula is C27H28N8O2. The third-order valence-corrected chi connectivity index (χ3v) is 6.63. The lowest BCUT2D eigenvalue weighted by Crippen LogP contribution is -2.27. The molecule has 1 atom stereocenters. The summed E-state index contributed by atoms with van der Waals surface area (Å²) in [5.74, 6) is 0.805. The molecule has 1 saturated heterocycles. The molecule has 0 radical (unpaired) electrons. The van der Waals surface area contributed by atoms with Crippen LogP contribution in [0.25, 0.3) is 22.3 Å². The molecule has 3 aromatic heterocycles. The van der Waals surface area contributed by atoms with E-state index in [-0.39, 0.29) is 17.9 Å². The van der Waals surface area contributed by atoms with Crippen molar-refractivity contribution >= 4 is 34.5 Å². The largest absolute Gasteiger partial charge is 0.383 e. The van der Waals surface area contributed by atoms with E-state index < -0.39 is 0 Å². The number of nitrogens with one attached hydrogen (secondary N) is 1. The van der Waals surface area contributed by atoms with Gasteiger partial charge in [-0.15, -0.1) is 0 Å². The molecule has 188 valence electrons. The van der Waals surface area contributed by atoms with Crippen LogP contribution in [0.5, 0.6) is 0 Å². The predicted octanol–water partition coefficient (Wildman–Crippen LogP) is 3.81. The monoisotopic (exact) mass is 496 g/mol. The number of hydrogen-bond acceptors (Lipinski definition) is 7. The van der Waals surface area contributed by atoms with Gasteiger partial charge in [-0.05, 0) is 48.2 Å². The van der Waals surface area contributed by atoms with Gasteiger partial charge in [0.25, 0.3) is 5.91 Å². The Morgan fingerprint density at radius 2 is 1.95 bits per heavy atom. The van der Waals surface area contributed by atoms with Crippen LogP contribution in [-0.2, 0) is 4.79 Å². The standard InChI is InChI=1S/C27H28N8O2/c1-4-22(36)34-12-10-20(14-34)35-26-23(25(28)30-15-31-26)24(33-35)17-5-7-18(8-6-17)27(37)32-21-13-19(16(2)3)9-11-29-21/h4-9,11,13,15-16,20H,1,10,12,14H2,2-3H3,(H2,28,30,31)(H,29,32,37). The maximum Gasteiger partial charge on any atom is 0.256 e. The van der Waals surface area contributed by atoms with Gasteiger partial charge in [-0.2, -0.15) is 5.10 Å². The molecule has 1 aliphatic rings. The average molecular weight is 497 g/mol. The number of anilines is 2. The second-order valence-electron chi connectivity index (χ2n) is 9.34. The number of benzene rings is 1. The first-order valence-corrected chi connectivity index (χ1v) is 12.1. The Balaban J connectivity index is 1.43. The van der Waals surface area contributed by atoms with Crippen LogP contribution in [0.4, 0.5) is 11.6 Å². The number of pyridine rings is 1. The van der Waals surface area contributed by atoms with Crippen LogP contribution in [0, 0.1) is 0 Å². The Morgan fingerprint density at radius 3 is 2.68 bits per heavy atom. The number of carbonyl (C=O) groups excluding carboxylic acids is 2. The van der Waals surface area contributed by atoms with Crippen LogP contribution in [0.15, 0.2) is 61.6 Å². The van der Waals surface area contributed by atoms with E-state index in [9.17, 15) is 9.59 Å². The summed E-state index contributed by atoms with van der Waals surface area (Å²) in [5, 5.41) is 8.35. The summed E-state index contributed by atoms with van der Waals surface area (Å²) in [4.78, 5) is 39.5. The van der Waals surface area contributed by atoms with E-state index in [1.54, 1.807) is 23.2 Å². The molecule has 10 nitrogen and oxygen atoms in total. The Bertz CT molecular complexity index is 1490. The number of amides is 2. The number of nitrogens with zero attached hydrogens (tertiary/aromatic N) is 6. The molecule has 1 aromatic carbocycles. The second-order valence-corrected chi connectivity index (χ2v) is 9.34. The minimum Gasteiger partial charge on any atom is -0.383 e. The van der Waals surface area contributed by atoms with Crippen molar-refractivity contribution < 1.29 is 9.59 Å². The third-order valence-electron chi connectivity index (χ3n) is 6.63. The smallest absolute Gasteiger partial charge is 0.256 e. The molecule has 10 heteroatoms. The van der Waals surface area contributed by atoms with Crippen LogP contribution >= 0.6 is 0 Å². The first kappa shape index (κ1) is 24.1. The Labute approximate surface area is 214 Å². The van der Waals surface area contributed by atoms with Gasteiger partial charge in [0.15, 0.2) is 5.65 Å². The quantitative estimate of drug-likeness (QED) is 0.388. The highest BCUT2D eigenvalue weighted by atomic mass is 16.2. The molecule has 4 aromatic rings. The summed E-state index contributed by atoms with van der Waals surface area (Å²) in [5.41, 5.74) is 9.85. The molecule has 0 spiro atoms. The van der Waals surface area contributed by atoms with Crippen LogP contribution in [0.3, 0.4) is 0 Å². The predicted molar refractivity (Wildman–Crippen MR) is 142 cm³/mol. The molecule has 0 saturated carbocycles. The van der Waals surface area contributed by atoms with Crippen molar-refractivity contribution in [1.82, 2.24) is 29.6 Å². The Morgan fingerprint density at radius 1 is 1.16 bits per heavy atom. The SMILES string of the molecule is C=CC(=O)N1CCC(n2nc(-c3ccc(C(=O)Nc4cc(C(C)C)ccn4)cc3)c3c(N)ncnc32)C1. The first-order chi connectivity index (χ1) is 17.9. The summed E-state index contributed by atoms with van der Waals surface area (Å²) in [7, 11) is 0. The van der Waals surface area contributed by atoms with Gasteiger partial charge in [0.2, 0.25) is 5.91 Å². The number of nitrogen functional groups attached to an aromatic ring is 1. The maximum atomic E-state index is 12.8. The van der Waals surface area contributed by atoms with E-state index in [0.717, 1.165) is 17.5 Å². The highest BCUT2D eigenvalue weighted by molar-refractivity contribution is 6.04. The van der Waals surface area contributed by atoms with Gasteiger partial charge in [0.1, 0.15) is 23.7 Å². The van der Waals surface area contributed by atoms with Crippen LogP contribution < -0.4 is 11.1 Å². The van der Waals surface area contributed by atoms with Gasteiger partial charge in [-0.25, -0.2) is 19.6 Å². The fraction of sp³-hybridized carbons (Fsp3) is 0.259. The molecule has 1 fully saturated rings. The highest BCUT2D eigenvalue weighted by Gasteiger charge is 2.30. The summed E-state index contributed by atoms with van der Waals surface area (Å²) >= 11 is 0. The molecule has 0 bridgehead atoms. The van der Waals surface area contributed by atoms with Crippen molar-refractivity contribution in [3.63, 3.8) is 0 Å². The lowest BCUT2D eigenvalue weighted by Gasteiger charge is -2.14. The molecule has 1 unspecified atom stereocenters. The molecule has 4 heterocycles. The maximum absolute atomic E-state index is 12.8. The van der Waals surface area contributed by atoms with Crippen LogP contribution in [0.2, 0.25) is 0 Å². The van der Waals surface area contributed by atoms with Crippen molar-refractivity contribution in [2.75, 3.05) is 24.1 Å². The third kappa shape index (κ3) is 4.65. The zero-order valence-corrected chi connectivity index (χ0v) is 20.8. The summed E-state index contributed by atoms with van der Waals surface area (Å²) in [6.45, 7) is 8.88. The Kier molecular flexibility index (Phi) is 6.39. The van der Waals surface area contributed by atoms with Crippen molar-refractivity contribution in [2.24, 2.45) is 0 Å². The molecule has 2 amide bonds. The van der Waals surface area contributed by atoms with Crippen molar-refractivity contribution in [2.45, 2.75) is 32.2 Å². The topological polar surface area (TPSA) is 132 Å². The fourth-order valence-electron chi connectivity index (χ4n) is 4.57. The normalized spacial score (nSPS) is 15.3. The van der Waals surface area contributed by atoms with Gasteiger partial charge >= 0.3 is 0 Å². The van der Waals surface area contributed by atoms with E-state index >= 15 is 0 Å². The average Bonchev–Trinajstić information content (AvgIpc) is 3.54.